The fourth-order valence-corrected chi connectivity index (χ4v) is 3.12. The van der Waals surface area contributed by atoms with E-state index in [-0.39, 0.29) is 23.7 Å². The van der Waals surface area contributed by atoms with Crippen LogP contribution in [0.3, 0.4) is 0 Å². The van der Waals surface area contributed by atoms with Gasteiger partial charge in [0.15, 0.2) is 8.32 Å². The SMILES string of the molecule is CC(C)(C)OC(=O)NC1CCOC(=O)C1CO[Si](C)(C)C(C)(C)C. The topological polar surface area (TPSA) is 73.9 Å². The third-order valence-electron chi connectivity index (χ3n) is 4.59. The second-order valence-corrected chi connectivity index (χ2v) is 13.7. The molecule has 0 spiro atoms. The number of rotatable bonds is 4. The van der Waals surface area contributed by atoms with E-state index in [0.717, 1.165) is 0 Å². The van der Waals surface area contributed by atoms with Crippen molar-refractivity contribution in [1.82, 2.24) is 5.32 Å². The van der Waals surface area contributed by atoms with Crippen molar-refractivity contribution in [3.05, 3.63) is 0 Å². The second kappa shape index (κ2) is 7.43. The quantitative estimate of drug-likeness (QED) is 0.614. The highest BCUT2D eigenvalue weighted by atomic mass is 28.4. The summed E-state index contributed by atoms with van der Waals surface area (Å²) in [6, 6.07) is -0.328. The number of amides is 1. The molecule has 0 aromatic heterocycles. The maximum atomic E-state index is 12.2. The third-order valence-corrected chi connectivity index (χ3v) is 9.09. The van der Waals surface area contributed by atoms with Crippen LogP contribution in [-0.2, 0) is 18.7 Å². The fraction of sp³-hybridized carbons (Fsp3) is 0.882. The van der Waals surface area contributed by atoms with Gasteiger partial charge in [0.2, 0.25) is 0 Å². The van der Waals surface area contributed by atoms with Crippen LogP contribution >= 0.6 is 0 Å². The molecular weight excluding hydrogens is 326 g/mol. The molecule has 2 unspecified atom stereocenters. The van der Waals surface area contributed by atoms with E-state index in [4.69, 9.17) is 13.9 Å². The maximum absolute atomic E-state index is 12.2. The van der Waals surface area contributed by atoms with Crippen molar-refractivity contribution in [2.75, 3.05) is 13.2 Å². The highest BCUT2D eigenvalue weighted by Crippen LogP contribution is 2.37. The Balaban J connectivity index is 2.73. The summed E-state index contributed by atoms with van der Waals surface area (Å²) in [4.78, 5) is 24.2. The molecule has 1 saturated heterocycles. The minimum atomic E-state index is -1.98. The molecule has 0 radical (unpaired) electrons. The molecule has 0 aliphatic carbocycles. The minimum absolute atomic E-state index is 0.0552. The van der Waals surface area contributed by atoms with Crippen molar-refractivity contribution in [3.63, 3.8) is 0 Å². The predicted molar refractivity (Wildman–Crippen MR) is 95.4 cm³/mol. The van der Waals surface area contributed by atoms with Gasteiger partial charge in [0.25, 0.3) is 0 Å². The predicted octanol–water partition coefficient (Wildman–Crippen LogP) is 3.46. The highest BCUT2D eigenvalue weighted by Gasteiger charge is 2.41. The average Bonchev–Trinajstić information content (AvgIpc) is 2.34. The molecule has 1 amide bonds. The van der Waals surface area contributed by atoms with E-state index in [1.54, 1.807) is 20.8 Å². The van der Waals surface area contributed by atoms with Crippen LogP contribution in [0.15, 0.2) is 0 Å². The molecule has 6 nitrogen and oxygen atoms in total. The Morgan fingerprint density at radius 2 is 1.83 bits per heavy atom. The number of carbonyl (C=O) groups excluding carboxylic acids is 2. The first-order chi connectivity index (χ1) is 10.7. The first kappa shape index (κ1) is 21.0. The lowest BCUT2D eigenvalue weighted by atomic mass is 9.96. The fourth-order valence-electron chi connectivity index (χ4n) is 2.09. The van der Waals surface area contributed by atoms with Crippen LogP contribution in [0.4, 0.5) is 4.79 Å². The van der Waals surface area contributed by atoms with Gasteiger partial charge in [0, 0.05) is 13.0 Å². The van der Waals surface area contributed by atoms with Crippen LogP contribution in [-0.4, -0.2) is 45.2 Å². The summed E-state index contributed by atoms with van der Waals surface area (Å²) in [7, 11) is -1.98. The number of ether oxygens (including phenoxy) is 2. The van der Waals surface area contributed by atoms with Gasteiger partial charge in [-0.1, -0.05) is 20.8 Å². The molecule has 0 saturated carbocycles. The maximum Gasteiger partial charge on any atom is 0.407 e. The lowest BCUT2D eigenvalue weighted by molar-refractivity contribution is -0.156. The van der Waals surface area contributed by atoms with Crippen molar-refractivity contribution in [2.24, 2.45) is 5.92 Å². The van der Waals surface area contributed by atoms with Crippen molar-refractivity contribution in [1.29, 1.82) is 0 Å². The van der Waals surface area contributed by atoms with Crippen molar-refractivity contribution < 1.29 is 23.5 Å². The molecule has 0 aromatic carbocycles. The smallest absolute Gasteiger partial charge is 0.407 e. The Hall–Kier alpha value is -1.08. The molecule has 140 valence electrons. The summed E-state index contributed by atoms with van der Waals surface area (Å²) < 4.78 is 16.6. The van der Waals surface area contributed by atoms with Crippen LogP contribution < -0.4 is 5.32 Å². The Labute approximate surface area is 146 Å². The number of hydrogen-bond acceptors (Lipinski definition) is 5. The van der Waals surface area contributed by atoms with Crippen LogP contribution in [0, 0.1) is 5.92 Å². The monoisotopic (exact) mass is 359 g/mol. The van der Waals surface area contributed by atoms with E-state index >= 15 is 0 Å². The third kappa shape index (κ3) is 6.09. The molecule has 1 aliphatic heterocycles. The molecule has 1 N–H and O–H groups in total. The zero-order chi connectivity index (χ0) is 18.8. The molecule has 0 aromatic rings. The van der Waals surface area contributed by atoms with Crippen molar-refractivity contribution in [2.45, 2.75) is 77.7 Å². The number of carbonyl (C=O) groups is 2. The lowest BCUT2D eigenvalue weighted by Crippen LogP contribution is -2.52. The Kier molecular flexibility index (Phi) is 6.49. The Morgan fingerprint density at radius 1 is 1.25 bits per heavy atom. The lowest BCUT2D eigenvalue weighted by Gasteiger charge is -2.39. The molecule has 1 aliphatic rings. The summed E-state index contributed by atoms with van der Waals surface area (Å²) in [6.07, 6.45) is 0.0517. The zero-order valence-electron chi connectivity index (χ0n) is 16.3. The van der Waals surface area contributed by atoms with Crippen LogP contribution in [0.1, 0.15) is 48.0 Å². The van der Waals surface area contributed by atoms with E-state index in [0.29, 0.717) is 13.0 Å². The van der Waals surface area contributed by atoms with Crippen LogP contribution in [0.5, 0.6) is 0 Å². The molecule has 1 heterocycles. The van der Waals surface area contributed by atoms with Crippen LogP contribution in [0.25, 0.3) is 0 Å². The van der Waals surface area contributed by atoms with E-state index in [2.05, 4.69) is 39.2 Å². The summed E-state index contributed by atoms with van der Waals surface area (Å²) in [5.41, 5.74) is -0.577. The summed E-state index contributed by atoms with van der Waals surface area (Å²) in [5, 5.41) is 2.86. The zero-order valence-corrected chi connectivity index (χ0v) is 17.3. The number of alkyl carbamates (subject to hydrolysis) is 1. The molecule has 2 atom stereocenters. The second-order valence-electron chi connectivity index (χ2n) is 8.89. The average molecular weight is 360 g/mol. The Morgan fingerprint density at radius 3 is 2.33 bits per heavy atom. The van der Waals surface area contributed by atoms with E-state index < -0.39 is 25.9 Å². The minimum Gasteiger partial charge on any atom is -0.465 e. The first-order valence-electron chi connectivity index (χ1n) is 8.53. The number of hydrogen-bond donors (Lipinski definition) is 1. The van der Waals surface area contributed by atoms with Crippen LogP contribution in [0.2, 0.25) is 18.1 Å². The van der Waals surface area contributed by atoms with E-state index in [1.165, 1.54) is 0 Å². The number of cyclic esters (lactones) is 1. The molecular formula is C17H33NO5Si. The van der Waals surface area contributed by atoms with E-state index in [9.17, 15) is 9.59 Å². The largest absolute Gasteiger partial charge is 0.465 e. The molecule has 24 heavy (non-hydrogen) atoms. The number of esters is 1. The van der Waals surface area contributed by atoms with Crippen molar-refractivity contribution >= 4 is 20.4 Å². The van der Waals surface area contributed by atoms with Gasteiger partial charge in [-0.15, -0.1) is 0 Å². The molecule has 1 rings (SSSR count). The molecule has 1 fully saturated rings. The highest BCUT2D eigenvalue weighted by molar-refractivity contribution is 6.74. The number of nitrogens with one attached hydrogen (secondary N) is 1. The van der Waals surface area contributed by atoms with Gasteiger partial charge in [-0.25, -0.2) is 4.79 Å². The van der Waals surface area contributed by atoms with Gasteiger partial charge in [-0.2, -0.15) is 0 Å². The van der Waals surface area contributed by atoms with Crippen molar-refractivity contribution in [3.8, 4) is 0 Å². The van der Waals surface area contributed by atoms with E-state index in [1.807, 2.05) is 0 Å². The summed E-state index contributed by atoms with van der Waals surface area (Å²) in [6.45, 7) is 16.7. The Bertz CT molecular complexity index is 465. The molecule has 7 heteroatoms. The normalized spacial score (nSPS) is 22.8. The van der Waals surface area contributed by atoms with Gasteiger partial charge in [-0.3, -0.25) is 4.79 Å². The summed E-state index contributed by atoms with van der Waals surface area (Å²) >= 11 is 0. The van der Waals surface area contributed by atoms with Gasteiger partial charge < -0.3 is 19.2 Å². The van der Waals surface area contributed by atoms with Gasteiger partial charge >= 0.3 is 12.1 Å². The standard InChI is InChI=1S/C17H33NO5Si/c1-16(2,3)23-15(20)18-13-9-10-21-14(19)12(13)11-22-24(7,8)17(4,5)6/h12-13H,9-11H2,1-8H3,(H,18,20). The van der Waals surface area contributed by atoms with Gasteiger partial charge in [0.1, 0.15) is 5.60 Å². The summed E-state index contributed by atoms with van der Waals surface area (Å²) in [5.74, 6) is -0.818. The van der Waals surface area contributed by atoms with Gasteiger partial charge in [0.05, 0.1) is 18.6 Å². The molecule has 0 bridgehead atoms. The van der Waals surface area contributed by atoms with Gasteiger partial charge in [-0.05, 0) is 38.9 Å². The first-order valence-corrected chi connectivity index (χ1v) is 11.4.